The quantitative estimate of drug-likeness (QED) is 0.878. The van der Waals surface area contributed by atoms with Gasteiger partial charge in [-0.15, -0.1) is 0 Å². The first-order chi connectivity index (χ1) is 9.49. The van der Waals surface area contributed by atoms with Crippen molar-refractivity contribution in [1.82, 2.24) is 4.90 Å². The van der Waals surface area contributed by atoms with Crippen molar-refractivity contribution >= 4 is 34.3 Å². The lowest BCUT2D eigenvalue weighted by Crippen LogP contribution is -2.41. The lowest BCUT2D eigenvalue weighted by atomic mass is 10.2. The van der Waals surface area contributed by atoms with Gasteiger partial charge in [-0.25, -0.2) is 4.79 Å². The van der Waals surface area contributed by atoms with Crippen molar-refractivity contribution in [2.75, 3.05) is 30.6 Å². The van der Waals surface area contributed by atoms with E-state index < -0.39 is 10.8 Å². The third-order valence-corrected chi connectivity index (χ3v) is 4.75. The Labute approximate surface area is 127 Å². The van der Waals surface area contributed by atoms with Crippen LogP contribution in [0.2, 0.25) is 0 Å². The fourth-order valence-electron chi connectivity index (χ4n) is 1.83. The van der Waals surface area contributed by atoms with Gasteiger partial charge in [0, 0.05) is 46.5 Å². The summed E-state index contributed by atoms with van der Waals surface area (Å²) in [7, 11) is 0.761. The monoisotopic (exact) mass is 314 g/mol. The highest BCUT2D eigenvalue weighted by molar-refractivity contribution is 7.98. The molecule has 2 atom stereocenters. The normalized spacial score (nSPS) is 13.6. The molecule has 0 spiro atoms. The van der Waals surface area contributed by atoms with Crippen LogP contribution in [0.1, 0.15) is 13.3 Å². The summed E-state index contributed by atoms with van der Waals surface area (Å²) in [5, 5.41) is 2.85. The molecule has 0 heterocycles. The van der Waals surface area contributed by atoms with Gasteiger partial charge in [-0.1, -0.05) is 13.0 Å². The number of thioether (sulfide) groups is 1. The van der Waals surface area contributed by atoms with Gasteiger partial charge in [0.25, 0.3) is 0 Å². The van der Waals surface area contributed by atoms with Crippen molar-refractivity contribution in [2.24, 2.45) is 0 Å². The molecule has 0 bridgehead atoms. The minimum Gasteiger partial charge on any atom is -0.324 e. The number of anilines is 1. The number of urea groups is 1. The van der Waals surface area contributed by atoms with Gasteiger partial charge < -0.3 is 10.2 Å². The smallest absolute Gasteiger partial charge is 0.321 e. The molecule has 0 radical (unpaired) electrons. The summed E-state index contributed by atoms with van der Waals surface area (Å²) < 4.78 is 11.4. The summed E-state index contributed by atoms with van der Waals surface area (Å²) in [5.41, 5.74) is 0.675. The molecule has 0 saturated carbocycles. The molecule has 1 aromatic rings. The Bertz CT molecular complexity index is 480. The molecule has 1 N–H and O–H groups in total. The van der Waals surface area contributed by atoms with E-state index in [1.54, 1.807) is 47.2 Å². The van der Waals surface area contributed by atoms with Crippen LogP contribution in [-0.4, -0.2) is 46.5 Å². The van der Waals surface area contributed by atoms with Crippen LogP contribution in [0, 0.1) is 0 Å². The number of nitrogens with zero attached hydrogens (tertiary/aromatic N) is 1. The predicted octanol–water partition coefficient (Wildman–Crippen LogP) is 3.03. The van der Waals surface area contributed by atoms with E-state index in [0.29, 0.717) is 10.6 Å². The van der Waals surface area contributed by atoms with Crippen LogP contribution in [0.4, 0.5) is 10.5 Å². The number of nitrogens with one attached hydrogen (secondary N) is 1. The van der Waals surface area contributed by atoms with E-state index in [-0.39, 0.29) is 12.1 Å². The van der Waals surface area contributed by atoms with Crippen molar-refractivity contribution in [3.63, 3.8) is 0 Å². The van der Waals surface area contributed by atoms with E-state index in [0.717, 1.165) is 12.2 Å². The van der Waals surface area contributed by atoms with Crippen LogP contribution in [0.3, 0.4) is 0 Å². The minimum absolute atomic E-state index is 0.134. The first-order valence-electron chi connectivity index (χ1n) is 6.45. The zero-order chi connectivity index (χ0) is 15.1. The zero-order valence-corrected chi connectivity index (χ0v) is 14.0. The second kappa shape index (κ2) is 8.32. The van der Waals surface area contributed by atoms with E-state index in [1.165, 1.54) is 0 Å². The van der Waals surface area contributed by atoms with Crippen LogP contribution < -0.4 is 5.32 Å². The second-order valence-corrected chi connectivity index (χ2v) is 6.83. The van der Waals surface area contributed by atoms with Crippen LogP contribution in [0.5, 0.6) is 0 Å². The topological polar surface area (TPSA) is 49.4 Å². The van der Waals surface area contributed by atoms with Crippen LogP contribution in [0.15, 0.2) is 29.2 Å². The lowest BCUT2D eigenvalue weighted by Gasteiger charge is -2.27. The number of carbonyl (C=O) groups is 1. The average Bonchev–Trinajstić information content (AvgIpc) is 2.44. The number of amides is 2. The molecule has 0 unspecified atom stereocenters. The van der Waals surface area contributed by atoms with E-state index in [1.807, 2.05) is 13.3 Å². The van der Waals surface area contributed by atoms with Gasteiger partial charge in [-0.2, -0.15) is 11.8 Å². The van der Waals surface area contributed by atoms with E-state index in [2.05, 4.69) is 12.2 Å². The van der Waals surface area contributed by atoms with Gasteiger partial charge in [0.1, 0.15) is 0 Å². The lowest BCUT2D eigenvalue weighted by molar-refractivity contribution is 0.207. The highest BCUT2D eigenvalue weighted by Crippen LogP contribution is 2.15. The summed E-state index contributed by atoms with van der Waals surface area (Å²) in [5.74, 6) is 0.916. The molecule has 1 aromatic carbocycles. The molecule has 1 rings (SSSR count). The highest BCUT2D eigenvalue weighted by atomic mass is 32.2. The SMILES string of the molecule is CC[C@H](CSC)N(C)C(=O)Nc1cccc([S@](C)=O)c1. The first kappa shape index (κ1) is 17.0. The van der Waals surface area contributed by atoms with E-state index >= 15 is 0 Å². The zero-order valence-electron chi connectivity index (χ0n) is 12.4. The number of rotatable bonds is 6. The van der Waals surface area contributed by atoms with Gasteiger partial charge in [0.15, 0.2) is 0 Å². The number of hydrogen-bond donors (Lipinski definition) is 1. The van der Waals surface area contributed by atoms with Crippen LogP contribution >= 0.6 is 11.8 Å². The average molecular weight is 314 g/mol. The first-order valence-corrected chi connectivity index (χ1v) is 9.41. The van der Waals surface area contributed by atoms with Crippen molar-refractivity contribution in [2.45, 2.75) is 24.3 Å². The van der Waals surface area contributed by atoms with Crippen LogP contribution in [-0.2, 0) is 10.8 Å². The number of hydrogen-bond acceptors (Lipinski definition) is 3. The molecule has 0 aliphatic rings. The van der Waals surface area contributed by atoms with Gasteiger partial charge in [0.05, 0.1) is 0 Å². The molecule has 0 aliphatic heterocycles. The van der Waals surface area contributed by atoms with E-state index in [9.17, 15) is 9.00 Å². The molecule has 112 valence electrons. The maximum absolute atomic E-state index is 12.2. The third kappa shape index (κ3) is 4.83. The molecule has 2 amide bonds. The van der Waals surface area contributed by atoms with Gasteiger partial charge in [-0.3, -0.25) is 4.21 Å². The Kier molecular flexibility index (Phi) is 7.09. The highest BCUT2D eigenvalue weighted by Gasteiger charge is 2.17. The summed E-state index contributed by atoms with van der Waals surface area (Å²) in [6.07, 6.45) is 4.58. The van der Waals surface area contributed by atoms with Gasteiger partial charge >= 0.3 is 6.03 Å². The number of benzene rings is 1. The largest absolute Gasteiger partial charge is 0.324 e. The van der Waals surface area contributed by atoms with Crippen molar-refractivity contribution in [1.29, 1.82) is 0 Å². The fraction of sp³-hybridized carbons (Fsp3) is 0.500. The Hall–Kier alpha value is -1.01. The minimum atomic E-state index is -1.05. The molecule has 6 heteroatoms. The Morgan fingerprint density at radius 1 is 1.50 bits per heavy atom. The summed E-state index contributed by atoms with van der Waals surface area (Å²) >= 11 is 1.73. The van der Waals surface area contributed by atoms with Crippen molar-refractivity contribution in [3.05, 3.63) is 24.3 Å². The molecule has 0 fully saturated rings. The second-order valence-electron chi connectivity index (χ2n) is 4.54. The number of carbonyl (C=O) groups excluding carboxylic acids is 1. The molecule has 20 heavy (non-hydrogen) atoms. The van der Waals surface area contributed by atoms with Gasteiger partial charge in [0.2, 0.25) is 0 Å². The fourth-order valence-corrected chi connectivity index (χ4v) is 3.23. The molecular weight excluding hydrogens is 292 g/mol. The van der Waals surface area contributed by atoms with Gasteiger partial charge in [-0.05, 0) is 30.9 Å². The molecule has 0 aromatic heterocycles. The van der Waals surface area contributed by atoms with Crippen molar-refractivity contribution in [3.8, 4) is 0 Å². The van der Waals surface area contributed by atoms with E-state index in [4.69, 9.17) is 0 Å². The molecule has 0 saturated heterocycles. The standard InChI is InChI=1S/C14H22N2O2S2/c1-5-12(10-19-3)16(2)14(17)15-11-7-6-8-13(9-11)20(4)18/h6-9,12H,5,10H2,1-4H3,(H,15,17)/t12-,20+/m1/s1. The predicted molar refractivity (Wildman–Crippen MR) is 88.0 cm³/mol. The Balaban J connectivity index is 2.74. The maximum Gasteiger partial charge on any atom is 0.321 e. The van der Waals surface area contributed by atoms with Crippen molar-refractivity contribution < 1.29 is 9.00 Å². The maximum atomic E-state index is 12.2. The summed E-state index contributed by atoms with van der Waals surface area (Å²) in [6, 6.07) is 7.22. The Morgan fingerprint density at radius 2 is 2.20 bits per heavy atom. The Morgan fingerprint density at radius 3 is 2.75 bits per heavy atom. The molecule has 4 nitrogen and oxygen atoms in total. The summed E-state index contributed by atoms with van der Waals surface area (Å²) in [6.45, 7) is 2.07. The van der Waals surface area contributed by atoms with Crippen LogP contribution in [0.25, 0.3) is 0 Å². The third-order valence-electron chi connectivity index (χ3n) is 3.12. The molecular formula is C14H22N2O2S2. The molecule has 0 aliphatic carbocycles. The summed E-state index contributed by atoms with van der Waals surface area (Å²) in [4.78, 5) is 14.6.